The molecule has 0 aliphatic carbocycles. The number of nitrogens with one attached hydrogen (secondary N) is 1. The van der Waals surface area contributed by atoms with Crippen LogP contribution >= 0.6 is 0 Å². The van der Waals surface area contributed by atoms with Gasteiger partial charge in [-0.25, -0.2) is 0 Å². The number of rotatable bonds is 15. The van der Waals surface area contributed by atoms with Crippen molar-refractivity contribution >= 4 is 0 Å². The lowest BCUT2D eigenvalue weighted by Gasteiger charge is -2.20. The fourth-order valence-electron chi connectivity index (χ4n) is 1.96. The molecule has 0 spiro atoms. The molecule has 0 heterocycles. The molecule has 1 atom stereocenters. The van der Waals surface area contributed by atoms with E-state index in [1.165, 1.54) is 12.8 Å². The van der Waals surface area contributed by atoms with Crippen molar-refractivity contribution < 1.29 is 14.2 Å². The SMILES string of the molecule is CCCCOCCOCCOCCNC(CC)C(C)C. The maximum absolute atomic E-state index is 5.53. The molecule has 1 N–H and O–H groups in total. The smallest absolute Gasteiger partial charge is 0.0701 e. The third-order valence-corrected chi connectivity index (χ3v) is 3.28. The molecular weight excluding hydrogens is 254 g/mol. The van der Waals surface area contributed by atoms with Crippen molar-refractivity contribution in [2.45, 2.75) is 53.0 Å². The standard InChI is InChI=1S/C16H35NO3/c1-5-7-9-18-11-13-20-14-12-19-10-8-17-16(6-2)15(3)4/h15-17H,5-14H2,1-4H3. The molecule has 0 aromatic carbocycles. The molecule has 122 valence electrons. The van der Waals surface area contributed by atoms with E-state index in [1.807, 2.05) is 0 Å². The van der Waals surface area contributed by atoms with E-state index in [0.29, 0.717) is 38.4 Å². The van der Waals surface area contributed by atoms with Gasteiger partial charge in [0.05, 0.1) is 33.0 Å². The maximum atomic E-state index is 5.53. The summed E-state index contributed by atoms with van der Waals surface area (Å²) in [5, 5.41) is 3.51. The van der Waals surface area contributed by atoms with Crippen LogP contribution in [0.15, 0.2) is 0 Å². The molecule has 0 aromatic rings. The number of hydrogen-bond acceptors (Lipinski definition) is 4. The van der Waals surface area contributed by atoms with Gasteiger partial charge in [0.15, 0.2) is 0 Å². The average Bonchev–Trinajstić information content (AvgIpc) is 2.43. The Morgan fingerprint density at radius 3 is 1.85 bits per heavy atom. The molecule has 0 bridgehead atoms. The summed E-state index contributed by atoms with van der Waals surface area (Å²) < 4.78 is 16.4. The molecule has 0 aliphatic heterocycles. The molecule has 4 heteroatoms. The summed E-state index contributed by atoms with van der Waals surface area (Å²) in [5.41, 5.74) is 0. The topological polar surface area (TPSA) is 39.7 Å². The van der Waals surface area contributed by atoms with Gasteiger partial charge in [0.2, 0.25) is 0 Å². The minimum atomic E-state index is 0.593. The quantitative estimate of drug-likeness (QED) is 0.471. The predicted molar refractivity (Wildman–Crippen MR) is 84.3 cm³/mol. The van der Waals surface area contributed by atoms with Crippen LogP contribution in [0.25, 0.3) is 0 Å². The van der Waals surface area contributed by atoms with Gasteiger partial charge in [-0.3, -0.25) is 0 Å². The van der Waals surface area contributed by atoms with Crippen LogP contribution in [-0.2, 0) is 14.2 Å². The zero-order chi connectivity index (χ0) is 15.1. The fraction of sp³-hybridized carbons (Fsp3) is 1.00. The zero-order valence-corrected chi connectivity index (χ0v) is 14.0. The van der Waals surface area contributed by atoms with Crippen LogP contribution in [0.5, 0.6) is 0 Å². The third kappa shape index (κ3) is 12.9. The predicted octanol–water partition coefficient (Wildman–Crippen LogP) is 2.86. The Labute approximate surface area is 125 Å². The van der Waals surface area contributed by atoms with Crippen molar-refractivity contribution in [2.75, 3.05) is 46.2 Å². The van der Waals surface area contributed by atoms with Gasteiger partial charge in [-0.15, -0.1) is 0 Å². The second kappa shape index (κ2) is 15.2. The van der Waals surface area contributed by atoms with E-state index in [4.69, 9.17) is 14.2 Å². The van der Waals surface area contributed by atoms with Gasteiger partial charge in [-0.1, -0.05) is 34.1 Å². The number of unbranched alkanes of at least 4 members (excludes halogenated alkanes) is 1. The van der Waals surface area contributed by atoms with Crippen LogP contribution in [0.1, 0.15) is 47.0 Å². The van der Waals surface area contributed by atoms with Crippen LogP contribution in [0.2, 0.25) is 0 Å². The first-order valence-electron chi connectivity index (χ1n) is 8.18. The highest BCUT2D eigenvalue weighted by Gasteiger charge is 2.08. The van der Waals surface area contributed by atoms with Gasteiger partial charge in [0, 0.05) is 19.2 Å². The van der Waals surface area contributed by atoms with Gasteiger partial charge in [0.1, 0.15) is 0 Å². The van der Waals surface area contributed by atoms with Gasteiger partial charge >= 0.3 is 0 Å². The Morgan fingerprint density at radius 2 is 1.35 bits per heavy atom. The van der Waals surface area contributed by atoms with Gasteiger partial charge in [-0.2, -0.15) is 0 Å². The summed E-state index contributed by atoms with van der Waals surface area (Å²) in [7, 11) is 0. The molecule has 0 saturated carbocycles. The van der Waals surface area contributed by atoms with Gasteiger partial charge in [0.25, 0.3) is 0 Å². The summed E-state index contributed by atoms with van der Waals surface area (Å²) >= 11 is 0. The van der Waals surface area contributed by atoms with E-state index in [-0.39, 0.29) is 0 Å². The highest BCUT2D eigenvalue weighted by molar-refractivity contribution is 4.67. The Kier molecular flexibility index (Phi) is 15.1. The molecule has 4 nitrogen and oxygen atoms in total. The highest BCUT2D eigenvalue weighted by Crippen LogP contribution is 2.04. The first-order valence-corrected chi connectivity index (χ1v) is 8.18. The minimum Gasteiger partial charge on any atom is -0.379 e. The Hall–Kier alpha value is -0.160. The van der Waals surface area contributed by atoms with E-state index < -0.39 is 0 Å². The molecular formula is C16H35NO3. The van der Waals surface area contributed by atoms with Crippen molar-refractivity contribution in [2.24, 2.45) is 5.92 Å². The van der Waals surface area contributed by atoms with Crippen molar-refractivity contribution in [3.05, 3.63) is 0 Å². The molecule has 0 aliphatic rings. The lowest BCUT2D eigenvalue weighted by Crippen LogP contribution is -2.35. The first-order chi connectivity index (χ1) is 9.72. The Morgan fingerprint density at radius 1 is 0.800 bits per heavy atom. The maximum Gasteiger partial charge on any atom is 0.0701 e. The highest BCUT2D eigenvalue weighted by atomic mass is 16.5. The van der Waals surface area contributed by atoms with Crippen molar-refractivity contribution in [3.63, 3.8) is 0 Å². The Balaban J connectivity index is 3.13. The third-order valence-electron chi connectivity index (χ3n) is 3.28. The second-order valence-electron chi connectivity index (χ2n) is 5.40. The lowest BCUT2D eigenvalue weighted by molar-refractivity contribution is 0.0142. The second-order valence-corrected chi connectivity index (χ2v) is 5.40. The summed E-state index contributed by atoms with van der Waals surface area (Å²) in [5.74, 6) is 0.677. The summed E-state index contributed by atoms with van der Waals surface area (Å²) in [6, 6.07) is 0.593. The van der Waals surface area contributed by atoms with Gasteiger partial charge < -0.3 is 19.5 Å². The molecule has 0 rings (SSSR count). The average molecular weight is 289 g/mol. The number of ether oxygens (including phenoxy) is 3. The number of hydrogen-bond donors (Lipinski definition) is 1. The van der Waals surface area contributed by atoms with E-state index in [0.717, 1.165) is 26.2 Å². The van der Waals surface area contributed by atoms with E-state index in [2.05, 4.69) is 33.0 Å². The monoisotopic (exact) mass is 289 g/mol. The molecule has 1 unspecified atom stereocenters. The molecule has 0 saturated heterocycles. The van der Waals surface area contributed by atoms with E-state index in [1.54, 1.807) is 0 Å². The molecule has 0 aromatic heterocycles. The lowest BCUT2D eigenvalue weighted by atomic mass is 10.0. The molecule has 20 heavy (non-hydrogen) atoms. The van der Waals surface area contributed by atoms with Crippen LogP contribution in [0.3, 0.4) is 0 Å². The zero-order valence-electron chi connectivity index (χ0n) is 14.0. The van der Waals surface area contributed by atoms with Crippen LogP contribution < -0.4 is 5.32 Å². The van der Waals surface area contributed by atoms with Gasteiger partial charge in [-0.05, 0) is 18.8 Å². The van der Waals surface area contributed by atoms with Crippen molar-refractivity contribution in [1.82, 2.24) is 5.32 Å². The van der Waals surface area contributed by atoms with Crippen molar-refractivity contribution in [3.8, 4) is 0 Å². The van der Waals surface area contributed by atoms with E-state index >= 15 is 0 Å². The summed E-state index contributed by atoms with van der Waals surface area (Å²) in [4.78, 5) is 0. The summed E-state index contributed by atoms with van der Waals surface area (Å²) in [6.45, 7) is 14.0. The van der Waals surface area contributed by atoms with Crippen molar-refractivity contribution in [1.29, 1.82) is 0 Å². The Bertz CT molecular complexity index is 189. The van der Waals surface area contributed by atoms with E-state index in [9.17, 15) is 0 Å². The fourth-order valence-corrected chi connectivity index (χ4v) is 1.96. The molecule has 0 radical (unpaired) electrons. The first kappa shape index (κ1) is 19.8. The van der Waals surface area contributed by atoms with Crippen LogP contribution in [0.4, 0.5) is 0 Å². The summed E-state index contributed by atoms with van der Waals surface area (Å²) in [6.07, 6.45) is 3.47. The normalized spacial score (nSPS) is 13.1. The van der Waals surface area contributed by atoms with Crippen LogP contribution in [-0.4, -0.2) is 52.2 Å². The van der Waals surface area contributed by atoms with Crippen LogP contribution in [0, 0.1) is 5.92 Å². The largest absolute Gasteiger partial charge is 0.379 e. The molecule has 0 amide bonds. The minimum absolute atomic E-state index is 0.593. The molecule has 0 fully saturated rings.